The quantitative estimate of drug-likeness (QED) is 0.728. The minimum Gasteiger partial charge on any atom is -0.489 e. The maximum absolute atomic E-state index is 12.4. The lowest BCUT2D eigenvalue weighted by molar-refractivity contribution is -0.137. The van der Waals surface area contributed by atoms with E-state index in [0.717, 1.165) is 22.2 Å². The molecule has 0 amide bonds. The molecule has 0 bridgehead atoms. The zero-order valence-electron chi connectivity index (χ0n) is 10.7. The van der Waals surface area contributed by atoms with Gasteiger partial charge in [0, 0.05) is 4.47 Å². The molecule has 0 fully saturated rings. The smallest absolute Gasteiger partial charge is 0.416 e. The minimum atomic E-state index is -4.30. The van der Waals surface area contributed by atoms with Gasteiger partial charge in [0.1, 0.15) is 12.4 Å². The number of hydrogen-bond donors (Lipinski definition) is 0. The Hall–Kier alpha value is -1.49. The molecule has 0 heterocycles. The fourth-order valence-corrected chi connectivity index (χ4v) is 2.20. The molecule has 0 unspecified atom stereocenters. The van der Waals surface area contributed by atoms with Crippen molar-refractivity contribution in [2.45, 2.75) is 19.7 Å². The Balaban J connectivity index is 2.04. The molecule has 2 rings (SSSR count). The van der Waals surface area contributed by atoms with Crippen molar-refractivity contribution in [3.8, 4) is 5.75 Å². The average molecular weight is 345 g/mol. The van der Waals surface area contributed by atoms with Crippen LogP contribution in [0.5, 0.6) is 5.75 Å². The van der Waals surface area contributed by atoms with Gasteiger partial charge < -0.3 is 4.74 Å². The molecule has 0 N–H and O–H groups in total. The van der Waals surface area contributed by atoms with E-state index >= 15 is 0 Å². The van der Waals surface area contributed by atoms with Crippen LogP contribution in [0.1, 0.15) is 16.7 Å². The van der Waals surface area contributed by atoms with Gasteiger partial charge >= 0.3 is 6.18 Å². The molecule has 0 aliphatic heterocycles. The molecule has 106 valence electrons. The molecule has 5 heteroatoms. The Labute approximate surface area is 123 Å². The first-order valence-corrected chi connectivity index (χ1v) is 6.70. The van der Waals surface area contributed by atoms with Crippen LogP contribution in [0.25, 0.3) is 0 Å². The van der Waals surface area contributed by atoms with Gasteiger partial charge in [-0.25, -0.2) is 0 Å². The fourth-order valence-electron chi connectivity index (χ4n) is 1.73. The summed E-state index contributed by atoms with van der Waals surface area (Å²) < 4.78 is 43.8. The van der Waals surface area contributed by atoms with Crippen molar-refractivity contribution in [1.82, 2.24) is 0 Å². The third kappa shape index (κ3) is 3.76. The van der Waals surface area contributed by atoms with Crippen LogP contribution in [0.2, 0.25) is 0 Å². The highest BCUT2D eigenvalue weighted by Crippen LogP contribution is 2.29. The van der Waals surface area contributed by atoms with Gasteiger partial charge in [-0.15, -0.1) is 0 Å². The van der Waals surface area contributed by atoms with Crippen LogP contribution in [0.4, 0.5) is 13.2 Å². The van der Waals surface area contributed by atoms with E-state index in [1.54, 1.807) is 0 Å². The summed E-state index contributed by atoms with van der Waals surface area (Å²) in [5.74, 6) is 0.716. The number of aryl methyl sites for hydroxylation is 1. The zero-order valence-corrected chi connectivity index (χ0v) is 12.3. The molecule has 0 aromatic heterocycles. The van der Waals surface area contributed by atoms with Gasteiger partial charge in [-0.05, 0) is 48.4 Å². The summed E-state index contributed by atoms with van der Waals surface area (Å²) >= 11 is 3.36. The van der Waals surface area contributed by atoms with Crippen molar-refractivity contribution in [2.24, 2.45) is 0 Å². The van der Waals surface area contributed by atoms with Crippen LogP contribution >= 0.6 is 15.9 Å². The van der Waals surface area contributed by atoms with Crippen LogP contribution in [0.3, 0.4) is 0 Å². The summed E-state index contributed by atoms with van der Waals surface area (Å²) in [4.78, 5) is 0. The van der Waals surface area contributed by atoms with Gasteiger partial charge in [0.2, 0.25) is 0 Å². The van der Waals surface area contributed by atoms with E-state index in [4.69, 9.17) is 4.74 Å². The van der Waals surface area contributed by atoms with E-state index in [1.165, 1.54) is 12.1 Å². The van der Waals surface area contributed by atoms with Crippen molar-refractivity contribution in [2.75, 3.05) is 0 Å². The van der Waals surface area contributed by atoms with Crippen molar-refractivity contribution in [3.63, 3.8) is 0 Å². The third-order valence-electron chi connectivity index (χ3n) is 2.81. The van der Waals surface area contributed by atoms with Gasteiger partial charge in [0.25, 0.3) is 0 Å². The average Bonchev–Trinajstić information content (AvgIpc) is 2.37. The number of alkyl halides is 3. The first-order chi connectivity index (χ1) is 9.36. The maximum Gasteiger partial charge on any atom is 0.416 e. The highest BCUT2D eigenvalue weighted by atomic mass is 79.9. The lowest BCUT2D eigenvalue weighted by atomic mass is 10.1. The van der Waals surface area contributed by atoms with Gasteiger partial charge in [-0.3, -0.25) is 0 Å². The molecule has 0 radical (unpaired) electrons. The summed E-state index contributed by atoms with van der Waals surface area (Å²) in [6.07, 6.45) is -4.30. The van der Waals surface area contributed by atoms with Gasteiger partial charge in [-0.1, -0.05) is 28.1 Å². The summed E-state index contributed by atoms with van der Waals surface area (Å²) in [5, 5.41) is 0. The normalized spacial score (nSPS) is 11.4. The molecule has 0 saturated carbocycles. The summed E-state index contributed by atoms with van der Waals surface area (Å²) in [6.45, 7) is 2.15. The van der Waals surface area contributed by atoms with Gasteiger partial charge in [0.05, 0.1) is 5.56 Å². The van der Waals surface area contributed by atoms with E-state index in [1.807, 2.05) is 25.1 Å². The summed E-state index contributed by atoms with van der Waals surface area (Å²) in [7, 11) is 0. The summed E-state index contributed by atoms with van der Waals surface area (Å²) in [5.41, 5.74) is 1.01. The lowest BCUT2D eigenvalue weighted by Crippen LogP contribution is -2.05. The first-order valence-electron chi connectivity index (χ1n) is 5.91. The second kappa shape index (κ2) is 5.87. The highest BCUT2D eigenvalue weighted by molar-refractivity contribution is 9.10. The monoisotopic (exact) mass is 344 g/mol. The molecule has 0 aliphatic carbocycles. The largest absolute Gasteiger partial charge is 0.489 e. The summed E-state index contributed by atoms with van der Waals surface area (Å²) in [6, 6.07) is 10.6. The standard InChI is InChI=1S/C15H12BrF3O/c1-10-8-13(16)6-7-14(10)20-9-11-2-4-12(5-3-11)15(17,18)19/h2-8H,9H2,1H3. The van der Waals surface area contributed by atoms with Crippen LogP contribution in [0.15, 0.2) is 46.9 Å². The van der Waals surface area contributed by atoms with Crippen LogP contribution in [-0.2, 0) is 12.8 Å². The van der Waals surface area contributed by atoms with E-state index in [-0.39, 0.29) is 6.61 Å². The number of benzene rings is 2. The van der Waals surface area contributed by atoms with E-state index in [9.17, 15) is 13.2 Å². The van der Waals surface area contributed by atoms with E-state index < -0.39 is 11.7 Å². The third-order valence-corrected chi connectivity index (χ3v) is 3.31. The van der Waals surface area contributed by atoms with Crippen molar-refractivity contribution < 1.29 is 17.9 Å². The van der Waals surface area contributed by atoms with E-state index in [2.05, 4.69) is 15.9 Å². The molecule has 0 atom stereocenters. The van der Waals surface area contributed by atoms with Crippen LogP contribution in [0, 0.1) is 6.92 Å². The Bertz CT molecular complexity index is 591. The van der Waals surface area contributed by atoms with Gasteiger partial charge in [-0.2, -0.15) is 13.2 Å². The molecule has 0 aliphatic rings. The van der Waals surface area contributed by atoms with Crippen LogP contribution in [-0.4, -0.2) is 0 Å². The Morgan fingerprint density at radius 3 is 2.25 bits per heavy atom. The number of halogens is 4. The SMILES string of the molecule is Cc1cc(Br)ccc1OCc1ccc(C(F)(F)F)cc1. The molecule has 0 spiro atoms. The lowest BCUT2D eigenvalue weighted by Gasteiger charge is -2.11. The van der Waals surface area contributed by atoms with Crippen molar-refractivity contribution in [3.05, 3.63) is 63.6 Å². The molecule has 20 heavy (non-hydrogen) atoms. The Morgan fingerprint density at radius 1 is 1.05 bits per heavy atom. The minimum absolute atomic E-state index is 0.237. The predicted molar refractivity (Wildman–Crippen MR) is 74.7 cm³/mol. The van der Waals surface area contributed by atoms with Gasteiger partial charge in [0.15, 0.2) is 0 Å². The van der Waals surface area contributed by atoms with Crippen molar-refractivity contribution in [1.29, 1.82) is 0 Å². The number of rotatable bonds is 3. The molecular formula is C15H12BrF3O. The molecule has 2 aromatic carbocycles. The fraction of sp³-hybridized carbons (Fsp3) is 0.200. The predicted octanol–water partition coefficient (Wildman–Crippen LogP) is 5.36. The second-order valence-electron chi connectivity index (χ2n) is 4.39. The maximum atomic E-state index is 12.4. The van der Waals surface area contributed by atoms with Crippen molar-refractivity contribution >= 4 is 15.9 Å². The molecule has 2 aromatic rings. The second-order valence-corrected chi connectivity index (χ2v) is 5.31. The Morgan fingerprint density at radius 2 is 1.70 bits per heavy atom. The van der Waals surface area contributed by atoms with E-state index in [0.29, 0.717) is 11.3 Å². The van der Waals surface area contributed by atoms with Crippen LogP contribution < -0.4 is 4.74 Å². The molecular weight excluding hydrogens is 333 g/mol. The highest BCUT2D eigenvalue weighted by Gasteiger charge is 2.29. The zero-order chi connectivity index (χ0) is 14.8. The first kappa shape index (κ1) is 14.9. The molecule has 0 saturated heterocycles. The molecule has 1 nitrogen and oxygen atoms in total. The number of ether oxygens (including phenoxy) is 1. The number of hydrogen-bond acceptors (Lipinski definition) is 1. The topological polar surface area (TPSA) is 9.23 Å². The Kier molecular flexibility index (Phi) is 4.38.